The van der Waals surface area contributed by atoms with Crippen LogP contribution in [0.25, 0.3) is 0 Å². The van der Waals surface area contributed by atoms with Gasteiger partial charge in [-0.15, -0.1) is 0 Å². The number of ether oxygens (including phenoxy) is 1. The largest absolute Gasteiger partial charge is 0.491 e. The average molecular weight is 304 g/mol. The van der Waals surface area contributed by atoms with Crippen molar-refractivity contribution in [2.45, 2.75) is 6.10 Å². The number of anilines is 1. The molecule has 1 atom stereocenters. The van der Waals surface area contributed by atoms with Gasteiger partial charge in [-0.3, -0.25) is 4.79 Å². The van der Waals surface area contributed by atoms with Gasteiger partial charge >= 0.3 is 0 Å². The molecule has 0 amide bonds. The average Bonchev–Trinajstić information content (AvgIpc) is 2.53. The highest BCUT2D eigenvalue weighted by Gasteiger charge is 2.13. The van der Waals surface area contributed by atoms with E-state index in [-0.39, 0.29) is 12.2 Å². The van der Waals surface area contributed by atoms with Crippen LogP contribution in [0.5, 0.6) is 5.75 Å². The van der Waals surface area contributed by atoms with Gasteiger partial charge in [-0.2, -0.15) is 5.10 Å². The van der Waals surface area contributed by atoms with Gasteiger partial charge in [0.05, 0.1) is 11.9 Å². The van der Waals surface area contributed by atoms with Gasteiger partial charge in [0.25, 0.3) is 5.56 Å². The maximum atomic E-state index is 11.3. The molecule has 22 heavy (non-hydrogen) atoms. The van der Waals surface area contributed by atoms with Crippen molar-refractivity contribution in [1.29, 1.82) is 0 Å². The summed E-state index contributed by atoms with van der Waals surface area (Å²) in [4.78, 5) is 13.1. The Bertz CT molecular complexity index is 617. The molecule has 0 radical (unpaired) electrons. The molecule has 0 aliphatic carbocycles. The van der Waals surface area contributed by atoms with E-state index in [9.17, 15) is 9.90 Å². The quantitative estimate of drug-likeness (QED) is 0.633. The van der Waals surface area contributed by atoms with Crippen molar-refractivity contribution < 1.29 is 9.84 Å². The summed E-state index contributed by atoms with van der Waals surface area (Å²) in [5.41, 5.74) is 5.91. The molecule has 1 aromatic carbocycles. The Morgan fingerprint density at radius 2 is 2.14 bits per heavy atom. The zero-order valence-electron chi connectivity index (χ0n) is 12.2. The zero-order valence-corrected chi connectivity index (χ0v) is 12.2. The lowest BCUT2D eigenvalue weighted by atomic mass is 10.3. The Balaban J connectivity index is 1.94. The number of aromatic nitrogens is 2. The first kappa shape index (κ1) is 16.0. The van der Waals surface area contributed by atoms with Crippen LogP contribution in [0.3, 0.4) is 0 Å². The zero-order chi connectivity index (χ0) is 15.8. The second-order valence-electron chi connectivity index (χ2n) is 4.82. The summed E-state index contributed by atoms with van der Waals surface area (Å²) in [6, 6.07) is 10.7. The maximum Gasteiger partial charge on any atom is 0.266 e. The van der Waals surface area contributed by atoms with Crippen molar-refractivity contribution in [1.82, 2.24) is 10.2 Å². The number of aliphatic hydroxyl groups is 1. The summed E-state index contributed by atoms with van der Waals surface area (Å²) in [5, 5.41) is 16.2. The van der Waals surface area contributed by atoms with Crippen molar-refractivity contribution in [2.75, 3.05) is 31.1 Å². The van der Waals surface area contributed by atoms with Crippen LogP contribution in [-0.4, -0.2) is 47.6 Å². The first-order valence-corrected chi connectivity index (χ1v) is 7.04. The minimum Gasteiger partial charge on any atom is -0.491 e. The number of nitrogens with one attached hydrogen (secondary N) is 1. The van der Waals surface area contributed by atoms with E-state index >= 15 is 0 Å². The molecule has 0 bridgehead atoms. The minimum absolute atomic E-state index is 0.154. The minimum atomic E-state index is -0.717. The van der Waals surface area contributed by atoms with Gasteiger partial charge in [0.2, 0.25) is 0 Å². The smallest absolute Gasteiger partial charge is 0.266 e. The predicted octanol–water partition coefficient (Wildman–Crippen LogP) is -0.0251. The second-order valence-corrected chi connectivity index (χ2v) is 4.82. The van der Waals surface area contributed by atoms with Crippen LogP contribution in [0.2, 0.25) is 0 Å². The van der Waals surface area contributed by atoms with E-state index < -0.39 is 6.10 Å². The monoisotopic (exact) mass is 304 g/mol. The van der Waals surface area contributed by atoms with Crippen LogP contribution >= 0.6 is 0 Å². The first-order valence-electron chi connectivity index (χ1n) is 7.04. The summed E-state index contributed by atoms with van der Waals surface area (Å²) in [5.74, 6) is 0.699. The molecular formula is C15H20N4O3. The lowest BCUT2D eigenvalue weighted by Gasteiger charge is -2.26. The molecular weight excluding hydrogens is 284 g/mol. The topological polar surface area (TPSA) is 104 Å². The van der Waals surface area contributed by atoms with E-state index in [0.717, 1.165) is 0 Å². The maximum absolute atomic E-state index is 11.3. The highest BCUT2D eigenvalue weighted by molar-refractivity contribution is 5.42. The number of H-pyrrole nitrogens is 1. The molecule has 1 unspecified atom stereocenters. The lowest BCUT2D eigenvalue weighted by molar-refractivity contribution is 0.112. The molecule has 2 rings (SSSR count). The SMILES string of the molecule is NCCN(CC(O)COc1ccccc1)c1cn[nH]c(=O)c1. The molecule has 0 aliphatic rings. The molecule has 0 saturated heterocycles. The number of rotatable bonds is 8. The van der Waals surface area contributed by atoms with Crippen molar-refractivity contribution in [3.63, 3.8) is 0 Å². The number of aromatic amines is 1. The molecule has 7 heteroatoms. The molecule has 0 fully saturated rings. The molecule has 0 saturated carbocycles. The molecule has 118 valence electrons. The fourth-order valence-corrected chi connectivity index (χ4v) is 2.04. The Morgan fingerprint density at radius 3 is 2.82 bits per heavy atom. The molecule has 7 nitrogen and oxygen atoms in total. The van der Waals surface area contributed by atoms with Gasteiger partial charge in [-0.25, -0.2) is 5.10 Å². The van der Waals surface area contributed by atoms with Crippen molar-refractivity contribution in [3.8, 4) is 5.75 Å². The van der Waals surface area contributed by atoms with Crippen LogP contribution in [0.1, 0.15) is 0 Å². The summed E-state index contributed by atoms with van der Waals surface area (Å²) >= 11 is 0. The Labute approximate surface area is 128 Å². The number of para-hydroxylation sites is 1. The number of nitrogens with zero attached hydrogens (tertiary/aromatic N) is 2. The van der Waals surface area contributed by atoms with Gasteiger partial charge in [-0.1, -0.05) is 18.2 Å². The van der Waals surface area contributed by atoms with Gasteiger partial charge in [0.1, 0.15) is 18.5 Å². The van der Waals surface area contributed by atoms with Crippen LogP contribution in [0.15, 0.2) is 47.4 Å². The van der Waals surface area contributed by atoms with Gasteiger partial charge in [0.15, 0.2) is 0 Å². The Kier molecular flexibility index (Phi) is 5.93. The Morgan fingerprint density at radius 1 is 1.36 bits per heavy atom. The van der Waals surface area contributed by atoms with Gasteiger partial charge < -0.3 is 20.5 Å². The summed E-state index contributed by atoms with van der Waals surface area (Å²) < 4.78 is 5.51. The predicted molar refractivity (Wildman–Crippen MR) is 84.1 cm³/mol. The van der Waals surface area contributed by atoms with E-state index in [2.05, 4.69) is 10.2 Å². The van der Waals surface area contributed by atoms with Crippen LogP contribution in [0.4, 0.5) is 5.69 Å². The van der Waals surface area contributed by atoms with E-state index in [0.29, 0.717) is 31.1 Å². The third-order valence-electron chi connectivity index (χ3n) is 3.03. The van der Waals surface area contributed by atoms with Crippen LogP contribution in [0, 0.1) is 0 Å². The van der Waals surface area contributed by atoms with E-state index in [1.165, 1.54) is 12.3 Å². The molecule has 0 aliphatic heterocycles. The number of hydrogen-bond acceptors (Lipinski definition) is 6. The summed E-state index contributed by atoms with van der Waals surface area (Å²) in [6.07, 6.45) is 0.813. The molecule has 1 aromatic heterocycles. The molecule has 1 heterocycles. The summed E-state index contributed by atoms with van der Waals surface area (Å²) in [7, 11) is 0. The van der Waals surface area contributed by atoms with E-state index in [1.54, 1.807) is 4.90 Å². The normalized spacial score (nSPS) is 11.9. The standard InChI is InChI=1S/C15H20N4O3/c16-6-7-19(12-8-15(21)18-17-9-12)10-13(20)11-22-14-4-2-1-3-5-14/h1-5,8-9,13,20H,6-7,10-11,16H2,(H,18,21). The second kappa shape index (κ2) is 8.16. The van der Waals surface area contributed by atoms with Gasteiger partial charge in [-0.05, 0) is 12.1 Å². The fourth-order valence-electron chi connectivity index (χ4n) is 2.04. The number of benzene rings is 1. The van der Waals surface area contributed by atoms with E-state index in [4.69, 9.17) is 10.5 Å². The Hall–Kier alpha value is -2.38. The molecule has 2 aromatic rings. The molecule has 4 N–H and O–H groups in total. The third kappa shape index (κ3) is 4.87. The van der Waals surface area contributed by atoms with E-state index in [1.807, 2.05) is 30.3 Å². The van der Waals surface area contributed by atoms with Crippen LogP contribution < -0.4 is 20.9 Å². The van der Waals surface area contributed by atoms with Crippen molar-refractivity contribution in [2.24, 2.45) is 5.73 Å². The molecule has 0 spiro atoms. The fraction of sp³-hybridized carbons (Fsp3) is 0.333. The first-order chi connectivity index (χ1) is 10.7. The highest BCUT2D eigenvalue weighted by Crippen LogP contribution is 2.11. The number of nitrogens with two attached hydrogens (primary N) is 1. The van der Waals surface area contributed by atoms with Crippen LogP contribution in [-0.2, 0) is 0 Å². The van der Waals surface area contributed by atoms with Crippen molar-refractivity contribution >= 4 is 5.69 Å². The lowest BCUT2D eigenvalue weighted by Crippen LogP contribution is -2.39. The van der Waals surface area contributed by atoms with Gasteiger partial charge in [0, 0.05) is 25.7 Å². The number of aliphatic hydroxyl groups excluding tert-OH is 1. The van der Waals surface area contributed by atoms with Crippen molar-refractivity contribution in [3.05, 3.63) is 52.9 Å². The summed E-state index contributed by atoms with van der Waals surface area (Å²) in [6.45, 7) is 1.36. The highest BCUT2D eigenvalue weighted by atomic mass is 16.5. The number of hydrogen-bond donors (Lipinski definition) is 3. The third-order valence-corrected chi connectivity index (χ3v) is 3.03.